The molecule has 1 aliphatic rings. The lowest BCUT2D eigenvalue weighted by Crippen LogP contribution is -2.36. The number of hydrogen-bond donors (Lipinski definition) is 0. The van der Waals surface area contributed by atoms with Crippen molar-refractivity contribution in [2.75, 3.05) is 0 Å². The first kappa shape index (κ1) is 13.7. The van der Waals surface area contributed by atoms with Gasteiger partial charge in [0, 0.05) is 6.07 Å². The fourth-order valence-electron chi connectivity index (χ4n) is 2.86. The summed E-state index contributed by atoms with van der Waals surface area (Å²) in [5.74, 6) is 2.68. The van der Waals surface area contributed by atoms with Crippen LogP contribution in [0, 0.1) is 17.8 Å². The molecule has 0 bridgehead atoms. The van der Waals surface area contributed by atoms with Gasteiger partial charge < -0.3 is 4.74 Å². The highest BCUT2D eigenvalue weighted by atomic mass is 35.5. The third-order valence-electron chi connectivity index (χ3n) is 3.92. The van der Waals surface area contributed by atoms with E-state index in [1.165, 1.54) is 12.8 Å². The van der Waals surface area contributed by atoms with Crippen LogP contribution in [0.2, 0.25) is 5.15 Å². The molecule has 1 aromatic heterocycles. The number of rotatable bonds is 3. The monoisotopic (exact) mass is 267 g/mol. The second-order valence-corrected chi connectivity index (χ2v) is 6.17. The fraction of sp³-hybridized carbons (Fsp3) is 0.667. The van der Waals surface area contributed by atoms with E-state index in [1.54, 1.807) is 6.07 Å². The molecular formula is C15H22ClNO. The van der Waals surface area contributed by atoms with E-state index < -0.39 is 0 Å². The molecule has 2 nitrogen and oxygen atoms in total. The second kappa shape index (κ2) is 5.92. The Morgan fingerprint density at radius 2 is 2.11 bits per heavy atom. The van der Waals surface area contributed by atoms with E-state index in [-0.39, 0.29) is 6.10 Å². The summed E-state index contributed by atoms with van der Waals surface area (Å²) in [4.78, 5) is 4.23. The van der Waals surface area contributed by atoms with Crippen molar-refractivity contribution >= 4 is 11.6 Å². The van der Waals surface area contributed by atoms with Crippen molar-refractivity contribution in [3.05, 3.63) is 23.4 Å². The van der Waals surface area contributed by atoms with Crippen LogP contribution >= 0.6 is 11.6 Å². The zero-order valence-electron chi connectivity index (χ0n) is 11.4. The summed E-state index contributed by atoms with van der Waals surface area (Å²) in [6, 6.07) is 5.56. The molecule has 1 saturated carbocycles. The molecule has 3 atom stereocenters. The SMILES string of the molecule is CC1CCC(C(C)C)C(Oc2cccc(Cl)n2)C1. The third-order valence-corrected chi connectivity index (χ3v) is 4.13. The predicted molar refractivity (Wildman–Crippen MR) is 75.0 cm³/mol. The van der Waals surface area contributed by atoms with Gasteiger partial charge in [-0.1, -0.05) is 44.9 Å². The molecule has 100 valence electrons. The van der Waals surface area contributed by atoms with E-state index >= 15 is 0 Å². The van der Waals surface area contributed by atoms with Crippen molar-refractivity contribution in [2.45, 2.75) is 46.1 Å². The summed E-state index contributed by atoms with van der Waals surface area (Å²) in [5.41, 5.74) is 0. The Balaban J connectivity index is 2.08. The normalized spacial score (nSPS) is 28.4. The molecule has 0 saturated heterocycles. The maximum absolute atomic E-state index is 6.08. The summed E-state index contributed by atoms with van der Waals surface area (Å²) in [6.45, 7) is 6.86. The summed E-state index contributed by atoms with van der Waals surface area (Å²) < 4.78 is 6.08. The van der Waals surface area contributed by atoms with Gasteiger partial charge in [0.15, 0.2) is 0 Å². The van der Waals surface area contributed by atoms with Crippen molar-refractivity contribution in [3.63, 3.8) is 0 Å². The zero-order chi connectivity index (χ0) is 13.1. The van der Waals surface area contributed by atoms with Gasteiger partial charge in [-0.25, -0.2) is 4.98 Å². The highest BCUT2D eigenvalue weighted by Crippen LogP contribution is 2.35. The smallest absolute Gasteiger partial charge is 0.214 e. The van der Waals surface area contributed by atoms with Crippen LogP contribution in [0.1, 0.15) is 40.0 Å². The van der Waals surface area contributed by atoms with Gasteiger partial charge in [-0.2, -0.15) is 0 Å². The average molecular weight is 268 g/mol. The molecule has 0 aliphatic heterocycles. The van der Waals surface area contributed by atoms with Crippen LogP contribution in [0.3, 0.4) is 0 Å². The Bertz CT molecular complexity index is 394. The number of nitrogens with zero attached hydrogens (tertiary/aromatic N) is 1. The van der Waals surface area contributed by atoms with Crippen molar-refractivity contribution in [2.24, 2.45) is 17.8 Å². The van der Waals surface area contributed by atoms with Gasteiger partial charge in [0.2, 0.25) is 5.88 Å². The van der Waals surface area contributed by atoms with E-state index in [0.29, 0.717) is 22.9 Å². The summed E-state index contributed by atoms with van der Waals surface area (Å²) in [7, 11) is 0. The zero-order valence-corrected chi connectivity index (χ0v) is 12.2. The molecular weight excluding hydrogens is 246 g/mol. The lowest BCUT2D eigenvalue weighted by Gasteiger charge is -2.37. The molecule has 1 fully saturated rings. The number of aromatic nitrogens is 1. The van der Waals surface area contributed by atoms with Crippen LogP contribution in [-0.2, 0) is 0 Å². The van der Waals surface area contributed by atoms with Gasteiger partial charge >= 0.3 is 0 Å². The molecule has 0 spiro atoms. The van der Waals surface area contributed by atoms with Gasteiger partial charge in [0.1, 0.15) is 11.3 Å². The standard InChI is InChI=1S/C15H22ClNO/c1-10(2)12-8-7-11(3)9-13(12)18-15-6-4-5-14(16)17-15/h4-6,10-13H,7-9H2,1-3H3. The second-order valence-electron chi connectivity index (χ2n) is 5.78. The van der Waals surface area contributed by atoms with Gasteiger partial charge in [-0.3, -0.25) is 0 Å². The minimum Gasteiger partial charge on any atom is -0.474 e. The predicted octanol–water partition coefficient (Wildman–Crippen LogP) is 4.57. The molecule has 1 aromatic rings. The molecule has 0 N–H and O–H groups in total. The van der Waals surface area contributed by atoms with Crippen molar-refractivity contribution in [3.8, 4) is 5.88 Å². The van der Waals surface area contributed by atoms with E-state index in [4.69, 9.17) is 16.3 Å². The summed E-state index contributed by atoms with van der Waals surface area (Å²) >= 11 is 5.90. The largest absolute Gasteiger partial charge is 0.474 e. The first-order valence-corrected chi connectivity index (χ1v) is 7.23. The summed E-state index contributed by atoms with van der Waals surface area (Å²) in [5, 5.41) is 0.498. The highest BCUT2D eigenvalue weighted by molar-refractivity contribution is 6.29. The van der Waals surface area contributed by atoms with Gasteiger partial charge in [-0.05, 0) is 36.7 Å². The van der Waals surface area contributed by atoms with Crippen LogP contribution in [0.4, 0.5) is 0 Å². The molecule has 1 heterocycles. The van der Waals surface area contributed by atoms with Crippen LogP contribution < -0.4 is 4.74 Å². The highest BCUT2D eigenvalue weighted by Gasteiger charge is 2.32. The molecule has 18 heavy (non-hydrogen) atoms. The first-order valence-electron chi connectivity index (χ1n) is 6.85. The van der Waals surface area contributed by atoms with Crippen LogP contribution in [0.5, 0.6) is 5.88 Å². The Hall–Kier alpha value is -0.760. The van der Waals surface area contributed by atoms with Crippen LogP contribution in [0.15, 0.2) is 18.2 Å². The molecule has 0 amide bonds. The molecule has 1 aliphatic carbocycles. The average Bonchev–Trinajstić information content (AvgIpc) is 2.28. The fourth-order valence-corrected chi connectivity index (χ4v) is 3.02. The van der Waals surface area contributed by atoms with E-state index in [2.05, 4.69) is 25.8 Å². The Morgan fingerprint density at radius 3 is 2.78 bits per heavy atom. The Labute approximate surface area is 115 Å². The van der Waals surface area contributed by atoms with E-state index in [0.717, 1.165) is 12.3 Å². The molecule has 3 unspecified atom stereocenters. The molecule has 3 heteroatoms. The van der Waals surface area contributed by atoms with Crippen LogP contribution in [-0.4, -0.2) is 11.1 Å². The number of ether oxygens (including phenoxy) is 1. The van der Waals surface area contributed by atoms with Gasteiger partial charge in [0.05, 0.1) is 0 Å². The molecule has 0 radical (unpaired) electrons. The minimum atomic E-state index is 0.278. The quantitative estimate of drug-likeness (QED) is 0.748. The lowest BCUT2D eigenvalue weighted by atomic mass is 9.75. The van der Waals surface area contributed by atoms with E-state index in [1.807, 2.05) is 12.1 Å². The number of hydrogen-bond acceptors (Lipinski definition) is 2. The third kappa shape index (κ3) is 3.38. The maximum Gasteiger partial charge on any atom is 0.214 e. The number of pyridine rings is 1. The van der Waals surface area contributed by atoms with Crippen LogP contribution in [0.25, 0.3) is 0 Å². The maximum atomic E-state index is 6.08. The molecule has 0 aromatic carbocycles. The van der Waals surface area contributed by atoms with Gasteiger partial charge in [0.25, 0.3) is 0 Å². The summed E-state index contributed by atoms with van der Waals surface area (Å²) in [6.07, 6.45) is 3.96. The van der Waals surface area contributed by atoms with E-state index in [9.17, 15) is 0 Å². The Morgan fingerprint density at radius 1 is 1.33 bits per heavy atom. The minimum absolute atomic E-state index is 0.278. The van der Waals surface area contributed by atoms with Crippen molar-refractivity contribution < 1.29 is 4.74 Å². The molecule has 2 rings (SSSR count). The van der Waals surface area contributed by atoms with Gasteiger partial charge in [-0.15, -0.1) is 0 Å². The topological polar surface area (TPSA) is 22.1 Å². The Kier molecular flexibility index (Phi) is 4.50. The van der Waals surface area contributed by atoms with Crippen molar-refractivity contribution in [1.82, 2.24) is 4.98 Å². The van der Waals surface area contributed by atoms with Crippen molar-refractivity contribution in [1.29, 1.82) is 0 Å². The lowest BCUT2D eigenvalue weighted by molar-refractivity contribution is 0.0427. The first-order chi connectivity index (χ1) is 8.56. The number of halogens is 1.